The van der Waals surface area contributed by atoms with Gasteiger partial charge in [-0.3, -0.25) is 0 Å². The van der Waals surface area contributed by atoms with Crippen LogP contribution in [0, 0.1) is 0 Å². The van der Waals surface area contributed by atoms with E-state index in [1.54, 1.807) is 31.2 Å². The van der Waals surface area contributed by atoms with Gasteiger partial charge in [0.05, 0.1) is 18.0 Å². The van der Waals surface area contributed by atoms with Crippen molar-refractivity contribution in [2.75, 3.05) is 11.7 Å². The quantitative estimate of drug-likeness (QED) is 0.756. The highest BCUT2D eigenvalue weighted by Crippen LogP contribution is 1.73. The molecule has 16 heavy (non-hydrogen) atoms. The van der Waals surface area contributed by atoms with Crippen LogP contribution >= 0.6 is 34.8 Å². The fraction of sp³-hybridized carbons (Fsp3) is 0.333. The van der Waals surface area contributed by atoms with Gasteiger partial charge in [-0.15, -0.1) is 34.8 Å². The highest BCUT2D eigenvalue weighted by Gasteiger charge is 1.69. The number of aromatic amines is 1. The van der Waals surface area contributed by atoms with Crippen LogP contribution in [-0.2, 0) is 7.05 Å². The van der Waals surface area contributed by atoms with E-state index in [0.717, 1.165) is 0 Å². The molecule has 0 saturated carbocycles. The average Bonchev–Trinajstić information content (AvgIpc) is 2.96. The second kappa shape index (κ2) is 16.7. The van der Waals surface area contributed by atoms with Crippen molar-refractivity contribution in [3.8, 4) is 0 Å². The predicted octanol–water partition coefficient (Wildman–Crippen LogP) is 3.11. The van der Waals surface area contributed by atoms with Crippen LogP contribution in [0.5, 0.6) is 0 Å². The Hall–Kier alpha value is -0.710. The Kier molecular flexibility index (Phi) is 18.5. The van der Waals surface area contributed by atoms with Crippen LogP contribution in [0.2, 0.25) is 0 Å². The van der Waals surface area contributed by atoms with Gasteiger partial charge < -0.3 is 9.55 Å². The number of halogens is 3. The van der Waals surface area contributed by atoms with Gasteiger partial charge in [-0.25, -0.2) is 9.97 Å². The number of H-pyrrole nitrogens is 1. The zero-order valence-corrected chi connectivity index (χ0v) is 11.4. The SMILES string of the molecule is CCl.ClCCl.Cn1ccnc1.c1c[nH]cn1. The molecule has 0 fully saturated rings. The van der Waals surface area contributed by atoms with E-state index in [9.17, 15) is 0 Å². The third-order valence-corrected chi connectivity index (χ3v) is 1.04. The highest BCUT2D eigenvalue weighted by molar-refractivity contribution is 6.40. The summed E-state index contributed by atoms with van der Waals surface area (Å²) in [5, 5.41) is 0.194. The van der Waals surface area contributed by atoms with Gasteiger partial charge in [-0.05, 0) is 0 Å². The topological polar surface area (TPSA) is 46.5 Å². The molecule has 0 saturated heterocycles. The minimum atomic E-state index is 0.194. The Labute approximate surface area is 111 Å². The number of alkyl halides is 3. The van der Waals surface area contributed by atoms with Crippen molar-refractivity contribution in [1.82, 2.24) is 19.5 Å². The Morgan fingerprint density at radius 3 is 1.94 bits per heavy atom. The molecule has 0 spiro atoms. The zero-order chi connectivity index (χ0) is 12.6. The average molecular weight is 286 g/mol. The summed E-state index contributed by atoms with van der Waals surface area (Å²) in [4.78, 5) is 10.2. The Balaban J connectivity index is 0. The van der Waals surface area contributed by atoms with E-state index in [1.165, 1.54) is 6.38 Å². The summed E-state index contributed by atoms with van der Waals surface area (Å²) in [7, 11) is 1.94. The van der Waals surface area contributed by atoms with Crippen molar-refractivity contribution < 1.29 is 0 Å². The summed E-state index contributed by atoms with van der Waals surface area (Å²) in [6.45, 7) is 0. The minimum Gasteiger partial charge on any atom is -0.351 e. The standard InChI is InChI=1S/C4H6N2.C3H4N2.CH2Cl2.CH3Cl/c1-6-3-2-5-4-6;1-2-5-3-4-1;2-1-3;1-2/h2-4H,1H3;1-3H,(H,4,5);1H2;1H3. The number of aromatic nitrogens is 4. The van der Waals surface area contributed by atoms with Crippen LogP contribution in [0.3, 0.4) is 0 Å². The molecule has 1 N–H and O–H groups in total. The van der Waals surface area contributed by atoms with Crippen molar-refractivity contribution >= 4 is 34.8 Å². The first-order valence-corrected chi connectivity index (χ1v) is 5.98. The zero-order valence-electron chi connectivity index (χ0n) is 9.15. The molecule has 4 nitrogen and oxygen atoms in total. The minimum absolute atomic E-state index is 0.194. The lowest BCUT2D eigenvalue weighted by Crippen LogP contribution is -1.76. The Morgan fingerprint density at radius 1 is 1.19 bits per heavy atom. The summed E-state index contributed by atoms with van der Waals surface area (Å²) < 4.78 is 1.89. The van der Waals surface area contributed by atoms with Crippen LogP contribution in [0.1, 0.15) is 0 Å². The third kappa shape index (κ3) is 15.7. The molecule has 2 aromatic heterocycles. The number of nitrogens with one attached hydrogen (secondary N) is 1. The molecule has 0 amide bonds. The van der Waals surface area contributed by atoms with Crippen LogP contribution in [0.25, 0.3) is 0 Å². The number of rotatable bonds is 0. The molecule has 0 radical (unpaired) electrons. The monoisotopic (exact) mass is 284 g/mol. The van der Waals surface area contributed by atoms with E-state index in [1.807, 2.05) is 17.8 Å². The van der Waals surface area contributed by atoms with E-state index in [-0.39, 0.29) is 5.34 Å². The van der Waals surface area contributed by atoms with Gasteiger partial charge in [0, 0.05) is 38.2 Å². The second-order valence-electron chi connectivity index (χ2n) is 2.09. The molecule has 0 aliphatic heterocycles. The predicted molar refractivity (Wildman–Crippen MR) is 70.1 cm³/mol. The number of imidazole rings is 2. The van der Waals surface area contributed by atoms with E-state index >= 15 is 0 Å². The molecule has 2 aromatic rings. The molecular formula is C9H15Cl3N4. The molecular weight excluding hydrogens is 270 g/mol. The molecule has 2 rings (SSSR count). The molecule has 0 atom stereocenters. The van der Waals surface area contributed by atoms with Crippen LogP contribution < -0.4 is 0 Å². The molecule has 2 heterocycles. The summed E-state index contributed by atoms with van der Waals surface area (Å²) in [6.07, 6.45) is 11.9. The maximum absolute atomic E-state index is 4.76. The summed E-state index contributed by atoms with van der Waals surface area (Å²) in [6, 6.07) is 0. The smallest absolute Gasteiger partial charge is 0.0967 e. The summed E-state index contributed by atoms with van der Waals surface area (Å²) in [5.41, 5.74) is 0. The molecule has 7 heteroatoms. The Bertz CT molecular complexity index is 254. The van der Waals surface area contributed by atoms with Gasteiger partial charge in [0.2, 0.25) is 0 Å². The number of hydrogen-bond acceptors (Lipinski definition) is 2. The van der Waals surface area contributed by atoms with E-state index in [2.05, 4.69) is 26.6 Å². The lowest BCUT2D eigenvalue weighted by molar-refractivity contribution is 0.913. The number of hydrogen-bond donors (Lipinski definition) is 1. The van der Waals surface area contributed by atoms with Gasteiger partial charge in [-0.1, -0.05) is 0 Å². The van der Waals surface area contributed by atoms with Crippen molar-refractivity contribution in [1.29, 1.82) is 0 Å². The first kappa shape index (κ1) is 17.7. The van der Waals surface area contributed by atoms with E-state index in [0.29, 0.717) is 0 Å². The number of aryl methyl sites for hydroxylation is 1. The van der Waals surface area contributed by atoms with Crippen LogP contribution in [0.4, 0.5) is 0 Å². The first-order valence-electron chi connectivity index (χ1n) is 4.15. The third-order valence-electron chi connectivity index (χ3n) is 1.04. The molecule has 0 aromatic carbocycles. The molecule has 0 unspecified atom stereocenters. The van der Waals surface area contributed by atoms with Gasteiger partial charge >= 0.3 is 0 Å². The maximum atomic E-state index is 4.76. The second-order valence-corrected chi connectivity index (χ2v) is 2.90. The van der Waals surface area contributed by atoms with Crippen LogP contribution in [0.15, 0.2) is 37.4 Å². The maximum Gasteiger partial charge on any atom is 0.0967 e. The summed E-state index contributed by atoms with van der Waals surface area (Å²) in [5.74, 6) is 0. The lowest BCUT2D eigenvalue weighted by atomic mass is 10.9. The molecule has 0 bridgehead atoms. The molecule has 0 aliphatic carbocycles. The van der Waals surface area contributed by atoms with Gasteiger partial charge in [0.25, 0.3) is 0 Å². The van der Waals surface area contributed by atoms with Crippen molar-refractivity contribution in [2.24, 2.45) is 7.05 Å². The first-order chi connectivity index (χ1) is 7.81. The normalized spacial score (nSPS) is 7.31. The summed E-state index contributed by atoms with van der Waals surface area (Å²) >= 11 is 14.2. The van der Waals surface area contributed by atoms with Gasteiger partial charge in [0.15, 0.2) is 0 Å². The van der Waals surface area contributed by atoms with Crippen molar-refractivity contribution in [2.45, 2.75) is 0 Å². The Morgan fingerprint density at radius 2 is 1.81 bits per heavy atom. The fourth-order valence-electron chi connectivity index (χ4n) is 0.541. The van der Waals surface area contributed by atoms with Crippen molar-refractivity contribution in [3.63, 3.8) is 0 Å². The van der Waals surface area contributed by atoms with Gasteiger partial charge in [-0.2, -0.15) is 0 Å². The highest BCUT2D eigenvalue weighted by atomic mass is 35.5. The molecule has 92 valence electrons. The van der Waals surface area contributed by atoms with Crippen molar-refractivity contribution in [3.05, 3.63) is 37.4 Å². The number of nitrogens with zero attached hydrogens (tertiary/aromatic N) is 3. The lowest BCUT2D eigenvalue weighted by Gasteiger charge is -1.76. The van der Waals surface area contributed by atoms with E-state index in [4.69, 9.17) is 23.2 Å². The largest absolute Gasteiger partial charge is 0.351 e. The van der Waals surface area contributed by atoms with Gasteiger partial charge in [0.1, 0.15) is 0 Å². The molecule has 0 aliphatic rings. The fourth-order valence-corrected chi connectivity index (χ4v) is 0.541. The van der Waals surface area contributed by atoms with E-state index < -0.39 is 0 Å². The van der Waals surface area contributed by atoms with Crippen LogP contribution in [-0.4, -0.2) is 31.2 Å².